The van der Waals surface area contributed by atoms with E-state index in [0.717, 1.165) is 11.3 Å². The zero-order chi connectivity index (χ0) is 17.8. The van der Waals surface area contributed by atoms with Crippen molar-refractivity contribution in [2.75, 3.05) is 19.5 Å². The van der Waals surface area contributed by atoms with Gasteiger partial charge in [0.05, 0.1) is 19.5 Å². The first-order chi connectivity index (χ1) is 12.1. The maximum atomic E-state index is 12.5. The second-order valence-electron chi connectivity index (χ2n) is 6.10. The van der Waals surface area contributed by atoms with E-state index < -0.39 is 0 Å². The van der Waals surface area contributed by atoms with Crippen molar-refractivity contribution in [1.29, 1.82) is 0 Å². The lowest BCUT2D eigenvalue weighted by Gasteiger charge is -2.14. The van der Waals surface area contributed by atoms with Crippen molar-refractivity contribution in [2.24, 2.45) is 0 Å². The third kappa shape index (κ3) is 4.10. The Morgan fingerprint density at radius 2 is 1.80 bits per heavy atom. The topological polar surface area (TPSA) is 47.6 Å². The van der Waals surface area contributed by atoms with E-state index >= 15 is 0 Å². The second kappa shape index (κ2) is 7.83. The van der Waals surface area contributed by atoms with Gasteiger partial charge >= 0.3 is 0 Å². The van der Waals surface area contributed by atoms with Crippen molar-refractivity contribution in [2.45, 2.75) is 36.3 Å². The highest BCUT2D eigenvalue weighted by Crippen LogP contribution is 2.32. The summed E-state index contributed by atoms with van der Waals surface area (Å²) in [6, 6.07) is 11.9. The minimum absolute atomic E-state index is 0.0299. The third-order valence-corrected chi connectivity index (χ3v) is 5.50. The molecule has 0 fully saturated rings. The Morgan fingerprint density at radius 1 is 1.04 bits per heavy atom. The molecule has 0 aromatic heterocycles. The van der Waals surface area contributed by atoms with E-state index in [1.165, 1.54) is 24.0 Å². The van der Waals surface area contributed by atoms with E-state index in [1.54, 1.807) is 38.1 Å². The standard InChI is InChI=1S/C20H23NO3S/c1-13(25-17-9-7-14-5-4-6-15(14)11-17)20(22)21-16-8-10-18(23-2)19(12-16)24-3/h7-13H,4-6H2,1-3H3,(H,21,22)/t13-/m1/s1. The molecule has 1 atom stereocenters. The molecule has 1 aliphatic rings. The van der Waals surface area contributed by atoms with Gasteiger partial charge in [0.1, 0.15) is 0 Å². The summed E-state index contributed by atoms with van der Waals surface area (Å²) in [6.45, 7) is 1.92. The monoisotopic (exact) mass is 357 g/mol. The minimum atomic E-state index is -0.187. The first-order valence-corrected chi connectivity index (χ1v) is 9.30. The van der Waals surface area contributed by atoms with Gasteiger partial charge < -0.3 is 14.8 Å². The number of rotatable bonds is 6. The van der Waals surface area contributed by atoms with E-state index in [-0.39, 0.29) is 11.2 Å². The van der Waals surface area contributed by atoms with E-state index in [0.29, 0.717) is 17.2 Å². The number of amides is 1. The summed E-state index contributed by atoms with van der Waals surface area (Å²) < 4.78 is 10.5. The number of thioether (sulfide) groups is 1. The van der Waals surface area contributed by atoms with E-state index in [2.05, 4.69) is 23.5 Å². The number of fused-ring (bicyclic) bond motifs is 1. The Morgan fingerprint density at radius 3 is 2.56 bits per heavy atom. The number of nitrogens with one attached hydrogen (secondary N) is 1. The van der Waals surface area contributed by atoms with Gasteiger partial charge in [-0.25, -0.2) is 0 Å². The molecule has 2 aromatic carbocycles. The van der Waals surface area contributed by atoms with E-state index in [4.69, 9.17) is 9.47 Å². The lowest BCUT2D eigenvalue weighted by atomic mass is 10.1. The van der Waals surface area contributed by atoms with Crippen LogP contribution in [0.15, 0.2) is 41.3 Å². The Kier molecular flexibility index (Phi) is 5.53. The Balaban J connectivity index is 1.64. The van der Waals surface area contributed by atoms with Gasteiger partial charge in [0.15, 0.2) is 11.5 Å². The van der Waals surface area contributed by atoms with Gasteiger partial charge in [0, 0.05) is 16.6 Å². The molecule has 0 heterocycles. The number of methoxy groups -OCH3 is 2. The molecule has 1 N–H and O–H groups in total. The fraction of sp³-hybridized carbons (Fsp3) is 0.350. The summed E-state index contributed by atoms with van der Waals surface area (Å²) >= 11 is 1.59. The molecule has 1 amide bonds. The van der Waals surface area contributed by atoms with Crippen LogP contribution in [0.25, 0.3) is 0 Å². The van der Waals surface area contributed by atoms with Crippen LogP contribution in [-0.4, -0.2) is 25.4 Å². The number of carbonyl (C=O) groups is 1. The van der Waals surface area contributed by atoms with Gasteiger partial charge in [-0.3, -0.25) is 4.79 Å². The van der Waals surface area contributed by atoms with E-state index in [1.807, 2.05) is 13.0 Å². The number of benzene rings is 2. The van der Waals surface area contributed by atoms with Gasteiger partial charge in [0.25, 0.3) is 0 Å². The highest BCUT2D eigenvalue weighted by atomic mass is 32.2. The molecule has 5 heteroatoms. The summed E-state index contributed by atoms with van der Waals surface area (Å²) in [7, 11) is 3.17. The molecule has 1 aliphatic carbocycles. The Labute approximate surface area is 152 Å². The summed E-state index contributed by atoms with van der Waals surface area (Å²) in [5, 5.41) is 2.76. The van der Waals surface area contributed by atoms with Gasteiger partial charge in [-0.2, -0.15) is 0 Å². The Bertz CT molecular complexity index is 776. The molecule has 0 aliphatic heterocycles. The van der Waals surface area contributed by atoms with Crippen LogP contribution in [0.3, 0.4) is 0 Å². The number of hydrogen-bond acceptors (Lipinski definition) is 4. The van der Waals surface area contributed by atoms with Crippen molar-refractivity contribution >= 4 is 23.4 Å². The number of hydrogen-bond donors (Lipinski definition) is 1. The summed E-state index contributed by atoms with van der Waals surface area (Å²) in [5.41, 5.74) is 3.58. The van der Waals surface area contributed by atoms with Crippen LogP contribution in [0.4, 0.5) is 5.69 Å². The average molecular weight is 357 g/mol. The number of carbonyl (C=O) groups excluding carboxylic acids is 1. The van der Waals surface area contributed by atoms with Crippen molar-refractivity contribution in [3.8, 4) is 11.5 Å². The molecule has 0 radical (unpaired) electrons. The van der Waals surface area contributed by atoms with Gasteiger partial charge in [-0.1, -0.05) is 6.07 Å². The number of aryl methyl sites for hydroxylation is 2. The zero-order valence-electron chi connectivity index (χ0n) is 14.8. The van der Waals surface area contributed by atoms with Crippen LogP contribution in [0.2, 0.25) is 0 Å². The fourth-order valence-electron chi connectivity index (χ4n) is 3.04. The summed E-state index contributed by atoms with van der Waals surface area (Å²) in [6.07, 6.45) is 3.56. The highest BCUT2D eigenvalue weighted by molar-refractivity contribution is 8.00. The van der Waals surface area contributed by atoms with E-state index in [9.17, 15) is 4.79 Å². The highest BCUT2D eigenvalue weighted by Gasteiger charge is 2.17. The predicted octanol–water partition coefficient (Wildman–Crippen LogP) is 4.31. The van der Waals surface area contributed by atoms with Crippen molar-refractivity contribution in [1.82, 2.24) is 0 Å². The van der Waals surface area contributed by atoms with Crippen LogP contribution in [0.5, 0.6) is 11.5 Å². The first-order valence-electron chi connectivity index (χ1n) is 8.42. The lowest BCUT2D eigenvalue weighted by Crippen LogP contribution is -2.22. The van der Waals surface area contributed by atoms with Gasteiger partial charge in [-0.05, 0) is 61.6 Å². The molecule has 0 saturated heterocycles. The van der Waals surface area contributed by atoms with Crippen LogP contribution < -0.4 is 14.8 Å². The van der Waals surface area contributed by atoms with Gasteiger partial charge in [-0.15, -0.1) is 11.8 Å². The fourth-order valence-corrected chi connectivity index (χ4v) is 3.97. The molecule has 0 saturated carbocycles. The predicted molar refractivity (Wildman–Crippen MR) is 102 cm³/mol. The molecule has 0 spiro atoms. The quantitative estimate of drug-likeness (QED) is 0.783. The van der Waals surface area contributed by atoms with Crippen molar-refractivity contribution in [3.05, 3.63) is 47.5 Å². The largest absolute Gasteiger partial charge is 0.493 e. The van der Waals surface area contributed by atoms with Crippen LogP contribution in [-0.2, 0) is 17.6 Å². The molecule has 4 nitrogen and oxygen atoms in total. The number of ether oxygens (including phenoxy) is 2. The molecular weight excluding hydrogens is 334 g/mol. The average Bonchev–Trinajstić information content (AvgIpc) is 3.09. The maximum Gasteiger partial charge on any atom is 0.237 e. The minimum Gasteiger partial charge on any atom is -0.493 e. The molecule has 0 unspecified atom stereocenters. The molecule has 25 heavy (non-hydrogen) atoms. The van der Waals surface area contributed by atoms with Crippen LogP contribution in [0.1, 0.15) is 24.5 Å². The van der Waals surface area contributed by atoms with Crippen molar-refractivity contribution in [3.63, 3.8) is 0 Å². The molecule has 0 bridgehead atoms. The molecule has 3 rings (SSSR count). The molecule has 2 aromatic rings. The number of anilines is 1. The second-order valence-corrected chi connectivity index (χ2v) is 7.52. The van der Waals surface area contributed by atoms with Crippen molar-refractivity contribution < 1.29 is 14.3 Å². The smallest absolute Gasteiger partial charge is 0.237 e. The van der Waals surface area contributed by atoms with Crippen LogP contribution in [0, 0.1) is 0 Å². The normalized spacial score (nSPS) is 13.9. The first kappa shape index (κ1) is 17.7. The molecule has 132 valence electrons. The third-order valence-electron chi connectivity index (χ3n) is 4.40. The Hall–Kier alpha value is -2.14. The molecular formula is C20H23NO3S. The SMILES string of the molecule is COc1ccc(NC(=O)[C@@H](C)Sc2ccc3c(c2)CCC3)cc1OC. The van der Waals surface area contributed by atoms with Crippen LogP contribution >= 0.6 is 11.8 Å². The summed E-state index contributed by atoms with van der Waals surface area (Å²) in [4.78, 5) is 13.6. The lowest BCUT2D eigenvalue weighted by molar-refractivity contribution is -0.115. The zero-order valence-corrected chi connectivity index (χ0v) is 15.6. The van der Waals surface area contributed by atoms with Gasteiger partial charge in [0.2, 0.25) is 5.91 Å². The summed E-state index contributed by atoms with van der Waals surface area (Å²) in [5.74, 6) is 1.21. The maximum absolute atomic E-state index is 12.5.